The molecule has 5 heteroatoms. The van der Waals surface area contributed by atoms with Crippen molar-refractivity contribution in [2.75, 3.05) is 7.05 Å². The van der Waals surface area contributed by atoms with Gasteiger partial charge in [-0.25, -0.2) is 0 Å². The zero-order valence-electron chi connectivity index (χ0n) is 12.5. The van der Waals surface area contributed by atoms with Crippen molar-refractivity contribution in [2.45, 2.75) is 6.04 Å². The molecule has 23 heavy (non-hydrogen) atoms. The minimum atomic E-state index is -0.714. The Hall–Kier alpha value is -3.08. The van der Waals surface area contributed by atoms with Gasteiger partial charge in [0.1, 0.15) is 6.04 Å². The third kappa shape index (κ3) is 2.17. The summed E-state index contributed by atoms with van der Waals surface area (Å²) in [6.07, 6.45) is 0. The number of aromatic amines is 1. The van der Waals surface area contributed by atoms with Gasteiger partial charge < -0.3 is 15.6 Å². The van der Waals surface area contributed by atoms with Crippen molar-refractivity contribution in [2.24, 2.45) is 0 Å². The number of nitrogens with one attached hydrogen (secondary N) is 3. The lowest BCUT2D eigenvalue weighted by molar-refractivity contribution is -0.122. The molecule has 4 rings (SSSR count). The molecule has 5 nitrogen and oxygen atoms in total. The number of aromatic nitrogens is 1. The monoisotopic (exact) mass is 305 g/mol. The first-order valence-corrected chi connectivity index (χ1v) is 7.42. The molecule has 1 heterocycles. The first-order chi connectivity index (χ1) is 11.2. The summed E-state index contributed by atoms with van der Waals surface area (Å²) in [4.78, 5) is 28.0. The molecule has 0 bridgehead atoms. The number of fused-ring (bicyclic) bond motifs is 3. The van der Waals surface area contributed by atoms with Crippen LogP contribution in [-0.2, 0) is 4.79 Å². The Bertz CT molecular complexity index is 883. The van der Waals surface area contributed by atoms with Gasteiger partial charge in [0.15, 0.2) is 0 Å². The van der Waals surface area contributed by atoms with E-state index >= 15 is 0 Å². The van der Waals surface area contributed by atoms with Crippen LogP contribution in [0.1, 0.15) is 22.0 Å². The van der Waals surface area contributed by atoms with Crippen molar-refractivity contribution >= 4 is 11.8 Å². The van der Waals surface area contributed by atoms with E-state index in [1.165, 1.54) is 0 Å². The summed E-state index contributed by atoms with van der Waals surface area (Å²) >= 11 is 0. The van der Waals surface area contributed by atoms with Gasteiger partial charge in [-0.3, -0.25) is 9.59 Å². The number of benzene rings is 1. The maximum Gasteiger partial charge on any atom is 0.252 e. The van der Waals surface area contributed by atoms with Crippen LogP contribution in [0, 0.1) is 0 Å². The molecule has 1 atom stereocenters. The topological polar surface area (TPSA) is 74.0 Å². The molecule has 0 saturated heterocycles. The first kappa shape index (κ1) is 13.6. The number of hydrogen-bond donors (Lipinski definition) is 3. The van der Waals surface area contributed by atoms with Gasteiger partial charge >= 0.3 is 0 Å². The predicted molar refractivity (Wildman–Crippen MR) is 87.1 cm³/mol. The summed E-state index contributed by atoms with van der Waals surface area (Å²) in [6.45, 7) is 0. The molecule has 3 aliphatic rings. The van der Waals surface area contributed by atoms with Gasteiger partial charge in [-0.1, -0.05) is 36.4 Å². The molecule has 2 aliphatic carbocycles. The van der Waals surface area contributed by atoms with Gasteiger partial charge in [-0.05, 0) is 23.3 Å². The summed E-state index contributed by atoms with van der Waals surface area (Å²) < 4.78 is 0. The number of amides is 2. The van der Waals surface area contributed by atoms with Crippen LogP contribution in [0.4, 0.5) is 0 Å². The summed E-state index contributed by atoms with van der Waals surface area (Å²) in [6, 6.07) is 14.2. The van der Waals surface area contributed by atoms with E-state index in [4.69, 9.17) is 0 Å². The zero-order valence-corrected chi connectivity index (χ0v) is 12.5. The molecule has 0 saturated carbocycles. The largest absolute Gasteiger partial charge is 0.357 e. The average molecular weight is 305 g/mol. The highest BCUT2D eigenvalue weighted by atomic mass is 16.2. The summed E-state index contributed by atoms with van der Waals surface area (Å²) in [5.74, 6) is -0.493. The van der Waals surface area contributed by atoms with Crippen molar-refractivity contribution in [1.82, 2.24) is 15.6 Å². The molecular formula is C18H15N3O2. The minimum Gasteiger partial charge on any atom is -0.357 e. The van der Waals surface area contributed by atoms with Gasteiger partial charge in [0.2, 0.25) is 5.91 Å². The molecule has 1 aromatic carbocycles. The van der Waals surface area contributed by atoms with Gasteiger partial charge in [-0.15, -0.1) is 0 Å². The van der Waals surface area contributed by atoms with E-state index in [0.717, 1.165) is 28.1 Å². The van der Waals surface area contributed by atoms with Crippen LogP contribution in [0.25, 0.3) is 22.5 Å². The quantitative estimate of drug-likeness (QED) is 0.541. The van der Waals surface area contributed by atoms with Crippen molar-refractivity contribution in [3.05, 3.63) is 59.7 Å². The first-order valence-electron chi connectivity index (χ1n) is 7.42. The van der Waals surface area contributed by atoms with Gasteiger partial charge in [0, 0.05) is 18.2 Å². The maximum absolute atomic E-state index is 12.6. The molecule has 0 radical (unpaired) electrons. The highest BCUT2D eigenvalue weighted by Gasteiger charge is 2.30. The maximum atomic E-state index is 12.6. The van der Waals surface area contributed by atoms with E-state index in [9.17, 15) is 9.59 Å². The molecule has 0 aromatic heterocycles. The average Bonchev–Trinajstić information content (AvgIpc) is 3.06. The number of carbonyl (C=O) groups excluding carboxylic acids is 2. The zero-order chi connectivity index (χ0) is 16.0. The van der Waals surface area contributed by atoms with Crippen LogP contribution in [-0.4, -0.2) is 23.8 Å². The van der Waals surface area contributed by atoms with E-state index in [0.29, 0.717) is 5.56 Å². The van der Waals surface area contributed by atoms with Crippen LogP contribution in [0.5, 0.6) is 0 Å². The number of carbonyl (C=O) groups is 2. The third-order valence-electron chi connectivity index (χ3n) is 4.18. The summed E-state index contributed by atoms with van der Waals surface area (Å²) in [7, 11) is 1.56. The number of hydrogen-bond acceptors (Lipinski definition) is 2. The molecule has 3 N–H and O–H groups in total. The highest BCUT2D eigenvalue weighted by molar-refractivity contribution is 6.08. The highest BCUT2D eigenvalue weighted by Crippen LogP contribution is 2.45. The summed E-state index contributed by atoms with van der Waals surface area (Å²) in [5, 5.41) is 5.44. The van der Waals surface area contributed by atoms with Crippen LogP contribution in [0.2, 0.25) is 0 Å². The van der Waals surface area contributed by atoms with E-state index < -0.39 is 6.04 Å². The van der Waals surface area contributed by atoms with Crippen LogP contribution >= 0.6 is 0 Å². The molecule has 0 unspecified atom stereocenters. The number of H-pyrrole nitrogens is 1. The van der Waals surface area contributed by atoms with E-state index in [2.05, 4.69) is 15.6 Å². The molecule has 114 valence electrons. The Morgan fingerprint density at radius 3 is 2.57 bits per heavy atom. The molecular weight excluding hydrogens is 290 g/mol. The lowest BCUT2D eigenvalue weighted by atomic mass is 10.1. The number of likely N-dealkylation sites (N-methyl/N-ethyl adjacent to an activating group) is 1. The minimum absolute atomic E-state index is 0.245. The fraction of sp³-hybridized carbons (Fsp3) is 0.111. The number of rotatable bonds is 4. The van der Waals surface area contributed by atoms with Crippen LogP contribution < -0.4 is 10.6 Å². The van der Waals surface area contributed by atoms with Crippen molar-refractivity contribution < 1.29 is 9.59 Å². The van der Waals surface area contributed by atoms with E-state index in [-0.39, 0.29) is 11.8 Å². The standard InChI is InChI=1S/C18H15N3O2/c1-19-18(23)15(10-5-3-2-4-6-10)21-17(22)12-8-7-11-13(12)9-14-16(11)20-14/h2-9,15,20H,1H3,(H,19,23)(H,21,22)/t15-/m0/s1. The Labute approximate surface area is 133 Å². The van der Waals surface area contributed by atoms with Gasteiger partial charge in [0.25, 0.3) is 5.91 Å². The van der Waals surface area contributed by atoms with Crippen molar-refractivity contribution in [1.29, 1.82) is 0 Å². The third-order valence-corrected chi connectivity index (χ3v) is 4.18. The second-order valence-corrected chi connectivity index (χ2v) is 5.56. The second-order valence-electron chi connectivity index (χ2n) is 5.56. The lowest BCUT2D eigenvalue weighted by Crippen LogP contribution is -2.39. The smallest absolute Gasteiger partial charge is 0.252 e. The van der Waals surface area contributed by atoms with Crippen LogP contribution in [0.3, 0.4) is 0 Å². The van der Waals surface area contributed by atoms with Crippen molar-refractivity contribution in [3.8, 4) is 22.5 Å². The fourth-order valence-electron chi connectivity index (χ4n) is 2.93. The van der Waals surface area contributed by atoms with Crippen molar-refractivity contribution in [3.63, 3.8) is 0 Å². The molecule has 2 amide bonds. The SMILES string of the molecule is CNC(=O)[C@@H](NC(=O)c1ccc2c3[nH]c-3cc1-2)c1ccccc1. The molecule has 0 fully saturated rings. The molecule has 1 aliphatic heterocycles. The van der Waals surface area contributed by atoms with Gasteiger partial charge in [0.05, 0.1) is 11.4 Å². The fourth-order valence-corrected chi connectivity index (χ4v) is 2.93. The molecule has 1 aromatic rings. The van der Waals surface area contributed by atoms with E-state index in [1.54, 1.807) is 13.1 Å². The molecule has 0 spiro atoms. The van der Waals surface area contributed by atoms with Crippen LogP contribution in [0.15, 0.2) is 48.5 Å². The number of pyridine rings is 1. The van der Waals surface area contributed by atoms with E-state index in [1.807, 2.05) is 42.5 Å². The van der Waals surface area contributed by atoms with Gasteiger partial charge in [-0.2, -0.15) is 0 Å². The normalized spacial score (nSPS) is 12.7. The Balaban J connectivity index is 1.62. The Kier molecular flexibility index (Phi) is 2.94. The Morgan fingerprint density at radius 2 is 1.83 bits per heavy atom. The Morgan fingerprint density at radius 1 is 1.04 bits per heavy atom. The second kappa shape index (κ2) is 4.98. The lowest BCUT2D eigenvalue weighted by Gasteiger charge is -2.17. The predicted octanol–water partition coefficient (Wildman–Crippen LogP) is 2.32. The summed E-state index contributed by atoms with van der Waals surface area (Å²) in [5.41, 5.74) is 5.51.